The lowest BCUT2D eigenvalue weighted by Crippen LogP contribution is -2.27. The van der Waals surface area contributed by atoms with Crippen molar-refractivity contribution in [1.82, 2.24) is 9.88 Å². The molecule has 0 N–H and O–H groups in total. The van der Waals surface area contributed by atoms with Crippen molar-refractivity contribution in [2.24, 2.45) is 0 Å². The zero-order chi connectivity index (χ0) is 15.9. The molecule has 1 heterocycles. The Balaban J connectivity index is 2.15. The summed E-state index contributed by atoms with van der Waals surface area (Å²) in [5.74, 6) is 0.693. The second-order valence-corrected chi connectivity index (χ2v) is 6.40. The predicted molar refractivity (Wildman–Crippen MR) is 94.0 cm³/mol. The van der Waals surface area contributed by atoms with Gasteiger partial charge in [0.25, 0.3) is 0 Å². The number of nitrogens with zero attached hydrogens (tertiary/aromatic N) is 2. The van der Waals surface area contributed by atoms with Gasteiger partial charge < -0.3 is 4.74 Å². The van der Waals surface area contributed by atoms with Crippen LogP contribution in [0.3, 0.4) is 0 Å². The summed E-state index contributed by atoms with van der Waals surface area (Å²) in [6, 6.07) is 10.3. The van der Waals surface area contributed by atoms with Gasteiger partial charge in [0.05, 0.1) is 0 Å². The van der Waals surface area contributed by atoms with Crippen LogP contribution in [0.1, 0.15) is 25.5 Å². The molecule has 1 aromatic carbocycles. The molecule has 0 aliphatic heterocycles. The first-order valence-electron chi connectivity index (χ1n) is 7.61. The van der Waals surface area contributed by atoms with Crippen LogP contribution in [0.15, 0.2) is 30.3 Å². The SMILES string of the molecule is CCCCc1cc2ccccc2c(OCCN(C)C(Cl)Cl)n1. The van der Waals surface area contributed by atoms with Crippen LogP contribution in [0.25, 0.3) is 10.8 Å². The summed E-state index contributed by atoms with van der Waals surface area (Å²) in [6.45, 7) is 3.33. The number of hydrogen-bond donors (Lipinski definition) is 0. The highest BCUT2D eigenvalue weighted by atomic mass is 35.5. The van der Waals surface area contributed by atoms with Crippen molar-refractivity contribution in [3.8, 4) is 5.88 Å². The molecule has 0 fully saturated rings. The number of pyridine rings is 1. The monoisotopic (exact) mass is 340 g/mol. The zero-order valence-electron chi connectivity index (χ0n) is 13.1. The summed E-state index contributed by atoms with van der Waals surface area (Å²) >= 11 is 11.6. The number of halogens is 2. The Kier molecular flexibility index (Phi) is 6.74. The number of aromatic nitrogens is 1. The van der Waals surface area contributed by atoms with Gasteiger partial charge in [-0.25, -0.2) is 4.98 Å². The van der Waals surface area contributed by atoms with E-state index in [0.717, 1.165) is 30.3 Å². The Morgan fingerprint density at radius 3 is 2.77 bits per heavy atom. The fraction of sp³-hybridized carbons (Fsp3) is 0.471. The van der Waals surface area contributed by atoms with E-state index in [2.05, 4.69) is 24.0 Å². The molecular weight excluding hydrogens is 319 g/mol. The first-order valence-corrected chi connectivity index (χ1v) is 8.49. The molecule has 0 unspecified atom stereocenters. The standard InChI is InChI=1S/C17H22Cl2N2O/c1-3-4-8-14-12-13-7-5-6-9-15(13)16(20-14)22-11-10-21(2)17(18)19/h5-7,9,12,17H,3-4,8,10-11H2,1-2H3. The molecule has 3 nitrogen and oxygen atoms in total. The Morgan fingerprint density at radius 1 is 1.27 bits per heavy atom. The quantitative estimate of drug-likeness (QED) is 0.516. The van der Waals surface area contributed by atoms with E-state index in [-0.39, 0.29) is 0 Å². The van der Waals surface area contributed by atoms with Crippen molar-refractivity contribution in [3.63, 3.8) is 0 Å². The summed E-state index contributed by atoms with van der Waals surface area (Å²) < 4.78 is 5.89. The smallest absolute Gasteiger partial charge is 0.221 e. The van der Waals surface area contributed by atoms with Crippen LogP contribution in [-0.4, -0.2) is 35.0 Å². The lowest BCUT2D eigenvalue weighted by molar-refractivity contribution is 0.242. The number of rotatable bonds is 8. The molecule has 0 radical (unpaired) electrons. The van der Waals surface area contributed by atoms with Gasteiger partial charge in [0.15, 0.2) is 4.96 Å². The largest absolute Gasteiger partial charge is 0.476 e. The Labute approximate surface area is 142 Å². The number of aryl methyl sites for hydroxylation is 1. The van der Waals surface area contributed by atoms with Crippen LogP contribution in [0, 0.1) is 0 Å². The van der Waals surface area contributed by atoms with Gasteiger partial charge in [-0.3, -0.25) is 4.90 Å². The molecule has 5 heteroatoms. The molecule has 0 atom stereocenters. The molecule has 0 bridgehead atoms. The molecule has 2 rings (SSSR count). The second-order valence-electron chi connectivity index (χ2n) is 5.35. The van der Waals surface area contributed by atoms with Crippen LogP contribution in [0.2, 0.25) is 0 Å². The normalized spacial score (nSPS) is 11.5. The summed E-state index contributed by atoms with van der Waals surface area (Å²) in [5.41, 5.74) is 1.08. The lowest BCUT2D eigenvalue weighted by Gasteiger charge is -2.18. The molecule has 0 saturated heterocycles. The van der Waals surface area contributed by atoms with E-state index in [1.807, 2.05) is 30.1 Å². The molecule has 0 saturated carbocycles. The van der Waals surface area contributed by atoms with E-state index < -0.39 is 4.96 Å². The van der Waals surface area contributed by atoms with E-state index in [0.29, 0.717) is 19.0 Å². The third kappa shape index (κ3) is 4.73. The molecular formula is C17H22Cl2N2O. The molecule has 2 aromatic rings. The second kappa shape index (κ2) is 8.56. The van der Waals surface area contributed by atoms with E-state index in [4.69, 9.17) is 27.9 Å². The number of fused-ring (bicyclic) bond motifs is 1. The number of ether oxygens (including phenoxy) is 1. The van der Waals surface area contributed by atoms with Crippen LogP contribution in [0.4, 0.5) is 0 Å². The zero-order valence-corrected chi connectivity index (χ0v) is 14.6. The maximum atomic E-state index is 5.89. The summed E-state index contributed by atoms with van der Waals surface area (Å²) in [7, 11) is 1.86. The third-order valence-electron chi connectivity index (χ3n) is 3.56. The van der Waals surface area contributed by atoms with Gasteiger partial charge in [-0.05, 0) is 37.4 Å². The average molecular weight is 341 g/mol. The van der Waals surface area contributed by atoms with Crippen molar-refractivity contribution in [3.05, 3.63) is 36.0 Å². The molecule has 120 valence electrons. The molecule has 0 spiro atoms. The van der Waals surface area contributed by atoms with Gasteiger partial charge in [0, 0.05) is 17.6 Å². The molecule has 0 aliphatic carbocycles. The number of hydrogen-bond acceptors (Lipinski definition) is 3. The molecule has 22 heavy (non-hydrogen) atoms. The summed E-state index contributed by atoms with van der Waals surface area (Å²) in [5, 5.41) is 2.21. The van der Waals surface area contributed by atoms with Crippen LogP contribution in [0.5, 0.6) is 5.88 Å². The van der Waals surface area contributed by atoms with Crippen molar-refractivity contribution in [2.45, 2.75) is 31.1 Å². The highest BCUT2D eigenvalue weighted by molar-refractivity contribution is 6.43. The maximum Gasteiger partial charge on any atom is 0.221 e. The van der Waals surface area contributed by atoms with Crippen LogP contribution < -0.4 is 4.74 Å². The van der Waals surface area contributed by atoms with E-state index in [1.165, 1.54) is 5.39 Å². The number of alkyl halides is 2. The fourth-order valence-corrected chi connectivity index (χ4v) is 2.40. The topological polar surface area (TPSA) is 25.4 Å². The average Bonchev–Trinajstić information content (AvgIpc) is 2.52. The van der Waals surface area contributed by atoms with Gasteiger partial charge in [-0.15, -0.1) is 0 Å². The minimum atomic E-state index is -0.524. The van der Waals surface area contributed by atoms with Crippen LogP contribution in [-0.2, 0) is 6.42 Å². The minimum Gasteiger partial charge on any atom is -0.476 e. The van der Waals surface area contributed by atoms with E-state index in [1.54, 1.807) is 0 Å². The fourth-order valence-electron chi connectivity index (χ4n) is 2.20. The highest BCUT2D eigenvalue weighted by Gasteiger charge is 2.10. The Morgan fingerprint density at radius 2 is 2.05 bits per heavy atom. The number of unbranched alkanes of at least 4 members (excludes halogenated alkanes) is 1. The molecule has 0 aliphatic rings. The lowest BCUT2D eigenvalue weighted by atomic mass is 10.1. The maximum absolute atomic E-state index is 5.89. The molecule has 1 aromatic heterocycles. The van der Waals surface area contributed by atoms with Gasteiger partial charge in [0.2, 0.25) is 5.88 Å². The number of likely N-dealkylation sites (N-methyl/N-ethyl adjacent to an activating group) is 1. The first-order chi connectivity index (χ1) is 10.6. The minimum absolute atomic E-state index is 0.501. The van der Waals surface area contributed by atoms with Crippen molar-refractivity contribution >= 4 is 34.0 Å². The first kappa shape index (κ1) is 17.3. The van der Waals surface area contributed by atoms with Crippen molar-refractivity contribution in [2.75, 3.05) is 20.2 Å². The van der Waals surface area contributed by atoms with Crippen molar-refractivity contribution < 1.29 is 4.74 Å². The molecule has 0 amide bonds. The Bertz CT molecular complexity index is 604. The van der Waals surface area contributed by atoms with E-state index >= 15 is 0 Å². The van der Waals surface area contributed by atoms with Crippen molar-refractivity contribution in [1.29, 1.82) is 0 Å². The van der Waals surface area contributed by atoms with Gasteiger partial charge >= 0.3 is 0 Å². The van der Waals surface area contributed by atoms with Gasteiger partial charge in [0.1, 0.15) is 6.61 Å². The summed E-state index contributed by atoms with van der Waals surface area (Å²) in [6.07, 6.45) is 3.26. The number of benzene rings is 1. The Hall–Kier alpha value is -1.03. The van der Waals surface area contributed by atoms with Gasteiger partial charge in [-0.1, -0.05) is 54.7 Å². The van der Waals surface area contributed by atoms with Gasteiger partial charge in [-0.2, -0.15) is 0 Å². The van der Waals surface area contributed by atoms with E-state index in [9.17, 15) is 0 Å². The van der Waals surface area contributed by atoms with Crippen LogP contribution >= 0.6 is 23.2 Å². The summed E-state index contributed by atoms with van der Waals surface area (Å²) in [4.78, 5) is 5.96. The predicted octanol–water partition coefficient (Wildman–Crippen LogP) is 4.65. The third-order valence-corrected chi connectivity index (χ3v) is 4.23. The highest BCUT2D eigenvalue weighted by Crippen LogP contribution is 2.25.